The number of methoxy groups -OCH3 is 1. The zero-order chi connectivity index (χ0) is 13.0. The molecule has 1 aromatic carbocycles. The molecule has 0 aliphatic heterocycles. The van der Waals surface area contributed by atoms with Crippen LogP contribution in [-0.4, -0.2) is 23.1 Å². The highest BCUT2D eigenvalue weighted by atomic mass is 16.5. The Labute approximate surface area is 107 Å². The van der Waals surface area contributed by atoms with Crippen LogP contribution in [0.5, 0.6) is 5.75 Å². The molecule has 1 heterocycles. The number of rotatable bonds is 5. The average molecular weight is 245 g/mol. The van der Waals surface area contributed by atoms with Crippen LogP contribution in [0.3, 0.4) is 0 Å². The molecule has 4 nitrogen and oxygen atoms in total. The summed E-state index contributed by atoms with van der Waals surface area (Å²) in [5.41, 5.74) is 2.06. The van der Waals surface area contributed by atoms with Crippen molar-refractivity contribution in [3.05, 3.63) is 36.2 Å². The van der Waals surface area contributed by atoms with Crippen molar-refractivity contribution in [3.8, 4) is 17.1 Å². The molecule has 0 saturated heterocycles. The number of H-pyrrole nitrogens is 1. The van der Waals surface area contributed by atoms with Gasteiger partial charge in [-0.1, -0.05) is 26.0 Å². The Balaban J connectivity index is 2.18. The second-order valence-electron chi connectivity index (χ2n) is 4.49. The van der Waals surface area contributed by atoms with Crippen molar-refractivity contribution in [1.29, 1.82) is 0 Å². The molecule has 0 fully saturated rings. The highest BCUT2D eigenvalue weighted by Crippen LogP contribution is 2.26. The van der Waals surface area contributed by atoms with Gasteiger partial charge >= 0.3 is 0 Å². The predicted molar refractivity (Wildman–Crippen MR) is 72.6 cm³/mol. The van der Waals surface area contributed by atoms with Crippen molar-refractivity contribution in [2.45, 2.75) is 26.4 Å². The smallest absolute Gasteiger partial charge is 0.141 e. The van der Waals surface area contributed by atoms with Gasteiger partial charge in [-0.25, -0.2) is 4.98 Å². The van der Waals surface area contributed by atoms with Crippen LogP contribution in [0.2, 0.25) is 0 Å². The van der Waals surface area contributed by atoms with E-state index in [1.807, 2.05) is 30.5 Å². The normalized spacial score (nSPS) is 10.9. The van der Waals surface area contributed by atoms with Gasteiger partial charge in [-0.15, -0.1) is 0 Å². The minimum atomic E-state index is 0.461. The largest absolute Gasteiger partial charge is 0.496 e. The van der Waals surface area contributed by atoms with Gasteiger partial charge in [0.1, 0.15) is 11.6 Å². The van der Waals surface area contributed by atoms with E-state index in [4.69, 9.17) is 4.74 Å². The third kappa shape index (κ3) is 2.90. The molecule has 0 radical (unpaired) electrons. The highest BCUT2D eigenvalue weighted by molar-refractivity contribution is 5.64. The number of aromatic nitrogens is 2. The van der Waals surface area contributed by atoms with Gasteiger partial charge in [0.15, 0.2) is 0 Å². The van der Waals surface area contributed by atoms with Crippen LogP contribution >= 0.6 is 0 Å². The molecule has 0 unspecified atom stereocenters. The molecule has 4 heteroatoms. The van der Waals surface area contributed by atoms with Crippen molar-refractivity contribution >= 4 is 0 Å². The predicted octanol–water partition coefficient (Wildman–Crippen LogP) is 2.58. The Hall–Kier alpha value is -1.81. The van der Waals surface area contributed by atoms with Crippen LogP contribution in [0, 0.1) is 0 Å². The summed E-state index contributed by atoms with van der Waals surface area (Å²) in [7, 11) is 1.67. The summed E-state index contributed by atoms with van der Waals surface area (Å²) < 4.78 is 5.33. The van der Waals surface area contributed by atoms with Crippen molar-refractivity contribution in [2.75, 3.05) is 7.11 Å². The second-order valence-corrected chi connectivity index (χ2v) is 4.49. The lowest BCUT2D eigenvalue weighted by atomic mass is 10.2. The topological polar surface area (TPSA) is 49.9 Å². The van der Waals surface area contributed by atoms with Crippen LogP contribution in [0.1, 0.15) is 19.5 Å². The van der Waals surface area contributed by atoms with Crippen LogP contribution in [0.4, 0.5) is 0 Å². The molecule has 96 valence electrons. The lowest BCUT2D eigenvalue weighted by Gasteiger charge is -2.06. The van der Waals surface area contributed by atoms with E-state index in [-0.39, 0.29) is 0 Å². The summed E-state index contributed by atoms with van der Waals surface area (Å²) in [5, 5.41) is 3.35. The zero-order valence-electron chi connectivity index (χ0n) is 11.0. The molecular formula is C14H19N3O. The van der Waals surface area contributed by atoms with Crippen molar-refractivity contribution < 1.29 is 4.74 Å². The highest BCUT2D eigenvalue weighted by Gasteiger charge is 2.08. The molecule has 2 rings (SSSR count). The van der Waals surface area contributed by atoms with E-state index in [2.05, 4.69) is 29.1 Å². The Morgan fingerprint density at radius 1 is 1.33 bits per heavy atom. The summed E-state index contributed by atoms with van der Waals surface area (Å²) >= 11 is 0. The first-order chi connectivity index (χ1) is 8.70. The second kappa shape index (κ2) is 5.69. The lowest BCUT2D eigenvalue weighted by molar-refractivity contribution is 0.416. The molecule has 0 aliphatic rings. The van der Waals surface area contributed by atoms with Crippen molar-refractivity contribution in [2.24, 2.45) is 0 Å². The van der Waals surface area contributed by atoms with Gasteiger partial charge in [-0.05, 0) is 12.1 Å². The Bertz CT molecular complexity index is 505. The Morgan fingerprint density at radius 3 is 2.83 bits per heavy atom. The molecule has 0 atom stereocenters. The van der Waals surface area contributed by atoms with Crippen molar-refractivity contribution in [1.82, 2.24) is 15.3 Å². The first-order valence-corrected chi connectivity index (χ1v) is 6.11. The fraction of sp³-hybridized carbons (Fsp3) is 0.357. The molecule has 0 spiro atoms. The first-order valence-electron chi connectivity index (χ1n) is 6.11. The molecule has 2 aromatic rings. The summed E-state index contributed by atoms with van der Waals surface area (Å²) in [4.78, 5) is 7.70. The number of hydrogen-bond acceptors (Lipinski definition) is 3. The zero-order valence-corrected chi connectivity index (χ0v) is 11.0. The quantitative estimate of drug-likeness (QED) is 0.851. The number of para-hydroxylation sites is 1. The van der Waals surface area contributed by atoms with E-state index < -0.39 is 0 Å². The average Bonchev–Trinajstić information content (AvgIpc) is 2.85. The standard InChI is InChI=1S/C14H19N3O/c1-10(2)15-8-11-9-16-14(17-11)12-6-4-5-7-13(12)18-3/h4-7,9-10,15H,8H2,1-3H3,(H,16,17). The van der Waals surface area contributed by atoms with E-state index in [0.717, 1.165) is 29.4 Å². The maximum absolute atomic E-state index is 5.33. The molecule has 2 N–H and O–H groups in total. The minimum absolute atomic E-state index is 0.461. The van der Waals surface area contributed by atoms with Gasteiger partial charge in [0.2, 0.25) is 0 Å². The SMILES string of the molecule is COc1ccccc1-c1ncc(CNC(C)C)[nH]1. The fourth-order valence-corrected chi connectivity index (χ4v) is 1.74. The number of nitrogens with one attached hydrogen (secondary N) is 2. The van der Waals surface area contributed by atoms with Gasteiger partial charge in [0, 0.05) is 24.5 Å². The summed E-state index contributed by atoms with van der Waals surface area (Å²) in [6.45, 7) is 5.04. The molecule has 0 amide bonds. The minimum Gasteiger partial charge on any atom is -0.496 e. The molecule has 18 heavy (non-hydrogen) atoms. The van der Waals surface area contributed by atoms with Gasteiger partial charge < -0.3 is 15.0 Å². The number of nitrogens with zero attached hydrogens (tertiary/aromatic N) is 1. The van der Waals surface area contributed by atoms with Crippen LogP contribution in [0.15, 0.2) is 30.5 Å². The summed E-state index contributed by atoms with van der Waals surface area (Å²) in [5.74, 6) is 1.67. The lowest BCUT2D eigenvalue weighted by Crippen LogP contribution is -2.21. The van der Waals surface area contributed by atoms with E-state index in [9.17, 15) is 0 Å². The Morgan fingerprint density at radius 2 is 2.11 bits per heavy atom. The van der Waals surface area contributed by atoms with Gasteiger partial charge in [0.25, 0.3) is 0 Å². The van der Waals surface area contributed by atoms with Gasteiger partial charge in [-0.3, -0.25) is 0 Å². The maximum atomic E-state index is 5.33. The van der Waals surface area contributed by atoms with E-state index in [1.165, 1.54) is 0 Å². The first kappa shape index (κ1) is 12.6. The van der Waals surface area contributed by atoms with E-state index in [1.54, 1.807) is 7.11 Å². The molecular weight excluding hydrogens is 226 g/mol. The van der Waals surface area contributed by atoms with Crippen LogP contribution in [-0.2, 0) is 6.54 Å². The Kier molecular flexibility index (Phi) is 3.99. The van der Waals surface area contributed by atoms with Crippen molar-refractivity contribution in [3.63, 3.8) is 0 Å². The van der Waals surface area contributed by atoms with E-state index >= 15 is 0 Å². The van der Waals surface area contributed by atoms with Crippen LogP contribution in [0.25, 0.3) is 11.4 Å². The number of benzene rings is 1. The summed E-state index contributed by atoms with van der Waals surface area (Å²) in [6, 6.07) is 8.32. The summed E-state index contributed by atoms with van der Waals surface area (Å²) in [6.07, 6.45) is 1.86. The maximum Gasteiger partial charge on any atom is 0.141 e. The number of ether oxygens (including phenoxy) is 1. The van der Waals surface area contributed by atoms with E-state index in [0.29, 0.717) is 6.04 Å². The third-order valence-electron chi connectivity index (χ3n) is 2.69. The van der Waals surface area contributed by atoms with Gasteiger partial charge in [-0.2, -0.15) is 0 Å². The molecule has 1 aromatic heterocycles. The molecule has 0 aliphatic carbocycles. The van der Waals surface area contributed by atoms with Gasteiger partial charge in [0.05, 0.1) is 12.7 Å². The fourth-order valence-electron chi connectivity index (χ4n) is 1.74. The molecule has 0 bridgehead atoms. The monoisotopic (exact) mass is 245 g/mol. The van der Waals surface area contributed by atoms with Crippen LogP contribution < -0.4 is 10.1 Å². The number of hydrogen-bond donors (Lipinski definition) is 2. The number of imidazole rings is 1. The number of aromatic amines is 1. The molecule has 0 saturated carbocycles. The third-order valence-corrected chi connectivity index (χ3v) is 2.69.